The molecule has 0 spiro atoms. The van der Waals surface area contributed by atoms with Crippen molar-refractivity contribution in [2.45, 2.75) is 51.7 Å². The molecule has 0 bridgehead atoms. The van der Waals surface area contributed by atoms with Crippen molar-refractivity contribution in [1.82, 2.24) is 0 Å². The van der Waals surface area contributed by atoms with Crippen LogP contribution in [0, 0.1) is 5.92 Å². The first kappa shape index (κ1) is 10.0. The van der Waals surface area contributed by atoms with Gasteiger partial charge in [0.25, 0.3) is 0 Å². The fraction of sp³-hybridized carbons (Fsp3) is 1.00. The van der Waals surface area contributed by atoms with Crippen LogP contribution >= 0.6 is 0 Å². The van der Waals surface area contributed by atoms with Crippen LogP contribution in [0.4, 0.5) is 0 Å². The highest BCUT2D eigenvalue weighted by Crippen LogP contribution is 2.29. The summed E-state index contributed by atoms with van der Waals surface area (Å²) in [6.07, 6.45) is 3.29. The Kier molecular flexibility index (Phi) is 3.13. The lowest BCUT2D eigenvalue weighted by atomic mass is 9.93. The van der Waals surface area contributed by atoms with E-state index in [0.717, 1.165) is 25.4 Å². The van der Waals surface area contributed by atoms with Gasteiger partial charge < -0.3 is 9.84 Å². The zero-order valence-electron chi connectivity index (χ0n) is 8.34. The quantitative estimate of drug-likeness (QED) is 0.643. The van der Waals surface area contributed by atoms with Gasteiger partial charge in [0.05, 0.1) is 12.2 Å². The summed E-state index contributed by atoms with van der Waals surface area (Å²) < 4.78 is 5.08. The van der Waals surface area contributed by atoms with Crippen LogP contribution in [-0.2, 0) is 4.74 Å². The third-order valence-electron chi connectivity index (χ3n) is 2.49. The second kappa shape index (κ2) is 3.75. The van der Waals surface area contributed by atoms with E-state index < -0.39 is 5.60 Å². The number of aliphatic hydroxyl groups is 1. The number of ether oxygens (including phenoxy) is 1. The average molecular weight is 172 g/mol. The van der Waals surface area contributed by atoms with Crippen molar-refractivity contribution in [3.63, 3.8) is 0 Å². The fourth-order valence-electron chi connectivity index (χ4n) is 1.44. The monoisotopic (exact) mass is 172 g/mol. The van der Waals surface area contributed by atoms with Crippen molar-refractivity contribution >= 4 is 0 Å². The van der Waals surface area contributed by atoms with Crippen LogP contribution in [-0.4, -0.2) is 23.4 Å². The van der Waals surface area contributed by atoms with E-state index in [4.69, 9.17) is 4.74 Å². The summed E-state index contributed by atoms with van der Waals surface area (Å²) in [5.41, 5.74) is -0.575. The standard InChI is InChI=1S/C10H20O2/c1-8(2)5-4-6-10(3,11)9-7-12-9/h8-9,11H,4-7H2,1-3H3. The molecule has 0 amide bonds. The summed E-state index contributed by atoms with van der Waals surface area (Å²) in [5.74, 6) is 0.737. The van der Waals surface area contributed by atoms with E-state index in [0.29, 0.717) is 0 Å². The first-order chi connectivity index (χ1) is 5.52. The van der Waals surface area contributed by atoms with E-state index >= 15 is 0 Å². The van der Waals surface area contributed by atoms with E-state index in [9.17, 15) is 5.11 Å². The molecule has 1 N–H and O–H groups in total. The second-order valence-electron chi connectivity index (χ2n) is 4.47. The largest absolute Gasteiger partial charge is 0.387 e. The summed E-state index contributed by atoms with van der Waals surface area (Å²) in [6.45, 7) is 7.05. The van der Waals surface area contributed by atoms with E-state index in [2.05, 4.69) is 13.8 Å². The fourth-order valence-corrected chi connectivity index (χ4v) is 1.44. The molecule has 2 unspecified atom stereocenters. The highest BCUT2D eigenvalue weighted by atomic mass is 16.6. The van der Waals surface area contributed by atoms with Gasteiger partial charge in [-0.1, -0.05) is 26.7 Å². The second-order valence-corrected chi connectivity index (χ2v) is 4.47. The van der Waals surface area contributed by atoms with Gasteiger partial charge in [-0.25, -0.2) is 0 Å². The molecule has 2 nitrogen and oxygen atoms in total. The van der Waals surface area contributed by atoms with Crippen molar-refractivity contribution in [2.75, 3.05) is 6.61 Å². The van der Waals surface area contributed by atoms with Crippen molar-refractivity contribution < 1.29 is 9.84 Å². The van der Waals surface area contributed by atoms with Gasteiger partial charge >= 0.3 is 0 Å². The van der Waals surface area contributed by atoms with Crippen LogP contribution in [0.25, 0.3) is 0 Å². The maximum Gasteiger partial charge on any atom is 0.109 e. The zero-order valence-corrected chi connectivity index (χ0v) is 8.34. The number of epoxide rings is 1. The van der Waals surface area contributed by atoms with E-state index in [-0.39, 0.29) is 6.10 Å². The highest BCUT2D eigenvalue weighted by molar-refractivity contribution is 4.90. The van der Waals surface area contributed by atoms with E-state index in [1.165, 1.54) is 6.42 Å². The van der Waals surface area contributed by atoms with Crippen LogP contribution < -0.4 is 0 Å². The SMILES string of the molecule is CC(C)CCCC(C)(O)C1CO1. The Morgan fingerprint density at radius 1 is 1.58 bits per heavy atom. The Balaban J connectivity index is 2.12. The lowest BCUT2D eigenvalue weighted by Crippen LogP contribution is -2.31. The van der Waals surface area contributed by atoms with Crippen LogP contribution in [0.5, 0.6) is 0 Å². The molecule has 0 aromatic carbocycles. The third-order valence-corrected chi connectivity index (χ3v) is 2.49. The van der Waals surface area contributed by atoms with Crippen LogP contribution in [0.3, 0.4) is 0 Å². The number of hydrogen-bond donors (Lipinski definition) is 1. The first-order valence-electron chi connectivity index (χ1n) is 4.86. The minimum Gasteiger partial charge on any atom is -0.387 e. The molecular formula is C10H20O2. The van der Waals surface area contributed by atoms with Crippen molar-refractivity contribution in [3.05, 3.63) is 0 Å². The molecular weight excluding hydrogens is 152 g/mol. The molecule has 72 valence electrons. The predicted octanol–water partition coefficient (Wildman–Crippen LogP) is 1.96. The lowest BCUT2D eigenvalue weighted by molar-refractivity contribution is 0.0187. The van der Waals surface area contributed by atoms with Gasteiger partial charge in [0.15, 0.2) is 0 Å². The van der Waals surface area contributed by atoms with Crippen LogP contribution in [0.15, 0.2) is 0 Å². The minimum atomic E-state index is -0.575. The maximum atomic E-state index is 9.84. The molecule has 1 saturated heterocycles. The highest BCUT2D eigenvalue weighted by Gasteiger charge is 2.40. The molecule has 1 aliphatic rings. The maximum absolute atomic E-state index is 9.84. The minimum absolute atomic E-state index is 0.115. The number of hydrogen-bond acceptors (Lipinski definition) is 2. The van der Waals surface area contributed by atoms with Gasteiger partial charge in [-0.2, -0.15) is 0 Å². The van der Waals surface area contributed by atoms with Crippen LogP contribution in [0.2, 0.25) is 0 Å². The molecule has 1 rings (SSSR count). The Bertz CT molecular complexity index is 137. The topological polar surface area (TPSA) is 32.8 Å². The summed E-state index contributed by atoms with van der Waals surface area (Å²) in [6, 6.07) is 0. The average Bonchev–Trinajstić information content (AvgIpc) is 2.65. The van der Waals surface area contributed by atoms with Gasteiger partial charge in [-0.15, -0.1) is 0 Å². The molecule has 12 heavy (non-hydrogen) atoms. The van der Waals surface area contributed by atoms with Gasteiger partial charge in [-0.3, -0.25) is 0 Å². The molecule has 0 radical (unpaired) electrons. The summed E-state index contributed by atoms with van der Waals surface area (Å²) in [7, 11) is 0. The normalized spacial score (nSPS) is 27.2. The molecule has 1 aliphatic heterocycles. The summed E-state index contributed by atoms with van der Waals surface area (Å²) >= 11 is 0. The van der Waals surface area contributed by atoms with Crippen LogP contribution in [0.1, 0.15) is 40.0 Å². The molecule has 2 atom stereocenters. The lowest BCUT2D eigenvalue weighted by Gasteiger charge is -2.20. The van der Waals surface area contributed by atoms with Crippen molar-refractivity contribution in [2.24, 2.45) is 5.92 Å². The first-order valence-corrected chi connectivity index (χ1v) is 4.86. The Hall–Kier alpha value is -0.0800. The zero-order chi connectivity index (χ0) is 9.19. The van der Waals surface area contributed by atoms with Crippen molar-refractivity contribution in [3.8, 4) is 0 Å². The molecule has 1 fully saturated rings. The molecule has 0 aromatic rings. The molecule has 0 saturated carbocycles. The third kappa shape index (κ3) is 3.11. The predicted molar refractivity (Wildman–Crippen MR) is 49.1 cm³/mol. The molecule has 0 aromatic heterocycles. The Labute approximate surface area is 74.9 Å². The van der Waals surface area contributed by atoms with Gasteiger partial charge in [0, 0.05) is 0 Å². The van der Waals surface area contributed by atoms with E-state index in [1.807, 2.05) is 6.92 Å². The van der Waals surface area contributed by atoms with Gasteiger partial charge in [-0.05, 0) is 19.3 Å². The molecule has 2 heteroatoms. The Morgan fingerprint density at radius 2 is 2.17 bits per heavy atom. The summed E-state index contributed by atoms with van der Waals surface area (Å²) in [5, 5.41) is 9.84. The van der Waals surface area contributed by atoms with Gasteiger partial charge in [0.2, 0.25) is 0 Å². The number of rotatable bonds is 5. The Morgan fingerprint density at radius 3 is 2.58 bits per heavy atom. The van der Waals surface area contributed by atoms with E-state index in [1.54, 1.807) is 0 Å². The van der Waals surface area contributed by atoms with Crippen molar-refractivity contribution in [1.29, 1.82) is 0 Å². The molecule has 0 aliphatic carbocycles. The molecule has 1 heterocycles. The summed E-state index contributed by atoms with van der Waals surface area (Å²) in [4.78, 5) is 0. The smallest absolute Gasteiger partial charge is 0.109 e. The van der Waals surface area contributed by atoms with Gasteiger partial charge in [0.1, 0.15) is 6.10 Å².